The predicted octanol–water partition coefficient (Wildman–Crippen LogP) is 3.71. The van der Waals surface area contributed by atoms with E-state index >= 15 is 0 Å². The summed E-state index contributed by atoms with van der Waals surface area (Å²) in [4.78, 5) is 12.0. The van der Waals surface area contributed by atoms with Crippen LogP contribution in [0.2, 0.25) is 0 Å². The van der Waals surface area contributed by atoms with E-state index in [0.29, 0.717) is 12.6 Å². The number of ether oxygens (including phenoxy) is 1. The van der Waals surface area contributed by atoms with E-state index in [9.17, 15) is 4.79 Å². The first-order valence-corrected chi connectivity index (χ1v) is 8.24. The first-order chi connectivity index (χ1) is 10.6. The molecular weight excluding hydrogens is 276 g/mol. The van der Waals surface area contributed by atoms with Gasteiger partial charge in [0.05, 0.1) is 7.11 Å². The Kier molecular flexibility index (Phi) is 6.10. The lowest BCUT2D eigenvalue weighted by molar-refractivity contribution is 0.236. The SMILES string of the molecule is COc1ccc(CNC(=O)NC2CCC(CC(C)C)C2)cc1. The molecule has 122 valence electrons. The molecule has 4 heteroatoms. The van der Waals surface area contributed by atoms with Crippen LogP contribution < -0.4 is 15.4 Å². The van der Waals surface area contributed by atoms with Crippen LogP contribution in [0.3, 0.4) is 0 Å². The van der Waals surface area contributed by atoms with Gasteiger partial charge in [-0.15, -0.1) is 0 Å². The van der Waals surface area contributed by atoms with Crippen molar-refractivity contribution in [1.82, 2.24) is 10.6 Å². The Morgan fingerprint density at radius 1 is 1.27 bits per heavy atom. The van der Waals surface area contributed by atoms with Gasteiger partial charge in [-0.2, -0.15) is 0 Å². The molecule has 2 atom stereocenters. The van der Waals surface area contributed by atoms with Gasteiger partial charge in [-0.05, 0) is 55.2 Å². The second kappa shape index (κ2) is 8.06. The average Bonchev–Trinajstić information content (AvgIpc) is 2.92. The largest absolute Gasteiger partial charge is 0.497 e. The molecule has 0 aliphatic heterocycles. The van der Waals surface area contributed by atoms with Gasteiger partial charge in [0.2, 0.25) is 0 Å². The molecule has 2 unspecified atom stereocenters. The fraction of sp³-hybridized carbons (Fsp3) is 0.611. The quantitative estimate of drug-likeness (QED) is 0.841. The lowest BCUT2D eigenvalue weighted by Gasteiger charge is -2.15. The zero-order valence-corrected chi connectivity index (χ0v) is 13.9. The van der Waals surface area contributed by atoms with E-state index in [1.54, 1.807) is 7.11 Å². The minimum Gasteiger partial charge on any atom is -0.497 e. The third-order valence-corrected chi connectivity index (χ3v) is 4.29. The molecule has 2 rings (SSSR count). The Morgan fingerprint density at radius 3 is 2.64 bits per heavy atom. The summed E-state index contributed by atoms with van der Waals surface area (Å²) < 4.78 is 5.12. The molecule has 2 N–H and O–H groups in total. The van der Waals surface area contributed by atoms with E-state index in [0.717, 1.165) is 36.0 Å². The summed E-state index contributed by atoms with van der Waals surface area (Å²) in [6.45, 7) is 5.07. The van der Waals surface area contributed by atoms with Crippen LogP contribution in [0.5, 0.6) is 5.75 Å². The van der Waals surface area contributed by atoms with Gasteiger partial charge in [0.15, 0.2) is 0 Å². The van der Waals surface area contributed by atoms with Crippen molar-refractivity contribution >= 4 is 6.03 Å². The number of methoxy groups -OCH3 is 1. The van der Waals surface area contributed by atoms with Crippen LogP contribution in [0, 0.1) is 11.8 Å². The van der Waals surface area contributed by atoms with Crippen molar-refractivity contribution in [2.75, 3.05) is 7.11 Å². The van der Waals surface area contributed by atoms with Crippen LogP contribution in [0.1, 0.15) is 45.1 Å². The van der Waals surface area contributed by atoms with Crippen molar-refractivity contribution in [3.05, 3.63) is 29.8 Å². The van der Waals surface area contributed by atoms with E-state index in [1.807, 2.05) is 24.3 Å². The summed E-state index contributed by atoms with van der Waals surface area (Å²) >= 11 is 0. The highest BCUT2D eigenvalue weighted by molar-refractivity contribution is 5.74. The number of rotatable bonds is 6. The first kappa shape index (κ1) is 16.7. The van der Waals surface area contributed by atoms with Gasteiger partial charge in [-0.3, -0.25) is 0 Å². The van der Waals surface area contributed by atoms with Crippen molar-refractivity contribution in [3.8, 4) is 5.75 Å². The summed E-state index contributed by atoms with van der Waals surface area (Å²) in [7, 11) is 1.65. The second-order valence-electron chi connectivity index (χ2n) is 6.68. The summed E-state index contributed by atoms with van der Waals surface area (Å²) in [6.07, 6.45) is 4.73. The number of urea groups is 1. The molecule has 1 fully saturated rings. The fourth-order valence-corrected chi connectivity index (χ4v) is 3.25. The van der Waals surface area contributed by atoms with Gasteiger partial charge in [0, 0.05) is 12.6 Å². The van der Waals surface area contributed by atoms with Gasteiger partial charge >= 0.3 is 6.03 Å². The molecular formula is C18H28N2O2. The molecule has 1 aliphatic carbocycles. The highest BCUT2D eigenvalue weighted by Crippen LogP contribution is 2.30. The van der Waals surface area contributed by atoms with E-state index in [1.165, 1.54) is 12.8 Å². The number of nitrogens with one attached hydrogen (secondary N) is 2. The van der Waals surface area contributed by atoms with Gasteiger partial charge in [0.25, 0.3) is 0 Å². The lowest BCUT2D eigenvalue weighted by Crippen LogP contribution is -2.40. The Bertz CT molecular complexity index is 470. The molecule has 0 bridgehead atoms. The van der Waals surface area contributed by atoms with Crippen LogP contribution in [0.4, 0.5) is 4.79 Å². The Balaban J connectivity index is 1.69. The molecule has 0 radical (unpaired) electrons. The molecule has 1 aliphatic rings. The topological polar surface area (TPSA) is 50.4 Å². The van der Waals surface area contributed by atoms with Crippen LogP contribution in [0.15, 0.2) is 24.3 Å². The van der Waals surface area contributed by atoms with Gasteiger partial charge in [0.1, 0.15) is 5.75 Å². The minimum atomic E-state index is -0.0639. The van der Waals surface area contributed by atoms with Crippen LogP contribution in [0.25, 0.3) is 0 Å². The van der Waals surface area contributed by atoms with E-state index in [4.69, 9.17) is 4.74 Å². The van der Waals surface area contributed by atoms with E-state index < -0.39 is 0 Å². The summed E-state index contributed by atoms with van der Waals surface area (Å²) in [6, 6.07) is 8.01. The predicted molar refractivity (Wildman–Crippen MR) is 88.9 cm³/mol. The van der Waals surface area contributed by atoms with Crippen molar-refractivity contribution in [2.24, 2.45) is 11.8 Å². The molecule has 1 saturated carbocycles. The summed E-state index contributed by atoms with van der Waals surface area (Å²) in [5.41, 5.74) is 1.07. The van der Waals surface area contributed by atoms with Gasteiger partial charge in [-0.1, -0.05) is 26.0 Å². The smallest absolute Gasteiger partial charge is 0.315 e. The van der Waals surface area contributed by atoms with E-state index in [2.05, 4.69) is 24.5 Å². The monoisotopic (exact) mass is 304 g/mol. The zero-order chi connectivity index (χ0) is 15.9. The maximum absolute atomic E-state index is 12.0. The Morgan fingerprint density at radius 2 is 2.00 bits per heavy atom. The summed E-state index contributed by atoms with van der Waals surface area (Å²) in [5, 5.41) is 6.03. The minimum absolute atomic E-state index is 0.0639. The Labute approximate surface area is 133 Å². The maximum atomic E-state index is 12.0. The molecule has 2 amide bonds. The van der Waals surface area contributed by atoms with Crippen molar-refractivity contribution in [1.29, 1.82) is 0 Å². The van der Waals surface area contributed by atoms with Crippen LogP contribution in [-0.2, 0) is 6.54 Å². The molecule has 22 heavy (non-hydrogen) atoms. The number of hydrogen-bond donors (Lipinski definition) is 2. The van der Waals surface area contributed by atoms with Crippen molar-refractivity contribution in [2.45, 2.75) is 52.1 Å². The highest BCUT2D eigenvalue weighted by atomic mass is 16.5. The molecule has 0 heterocycles. The van der Waals surface area contributed by atoms with E-state index in [-0.39, 0.29) is 6.03 Å². The first-order valence-electron chi connectivity index (χ1n) is 8.24. The Hall–Kier alpha value is -1.71. The number of carbonyl (C=O) groups is 1. The standard InChI is InChI=1S/C18H28N2O2/c1-13(2)10-15-4-7-16(11-15)20-18(21)19-12-14-5-8-17(22-3)9-6-14/h5-6,8-9,13,15-16H,4,7,10-12H2,1-3H3,(H2,19,20,21). The number of benzene rings is 1. The lowest BCUT2D eigenvalue weighted by atomic mass is 9.96. The number of carbonyl (C=O) groups excluding carboxylic acids is 1. The number of hydrogen-bond acceptors (Lipinski definition) is 2. The molecule has 1 aromatic rings. The van der Waals surface area contributed by atoms with Crippen LogP contribution >= 0.6 is 0 Å². The van der Waals surface area contributed by atoms with Crippen molar-refractivity contribution < 1.29 is 9.53 Å². The third kappa shape index (κ3) is 5.24. The van der Waals surface area contributed by atoms with Gasteiger partial charge < -0.3 is 15.4 Å². The fourth-order valence-electron chi connectivity index (χ4n) is 3.25. The highest BCUT2D eigenvalue weighted by Gasteiger charge is 2.26. The summed E-state index contributed by atoms with van der Waals surface area (Å²) in [5.74, 6) is 2.34. The third-order valence-electron chi connectivity index (χ3n) is 4.29. The molecule has 0 spiro atoms. The van der Waals surface area contributed by atoms with Crippen molar-refractivity contribution in [3.63, 3.8) is 0 Å². The maximum Gasteiger partial charge on any atom is 0.315 e. The normalized spacial score (nSPS) is 20.9. The molecule has 1 aromatic carbocycles. The molecule has 0 aromatic heterocycles. The van der Waals surface area contributed by atoms with Gasteiger partial charge in [-0.25, -0.2) is 4.79 Å². The molecule has 4 nitrogen and oxygen atoms in total. The van der Waals surface area contributed by atoms with Crippen LogP contribution in [-0.4, -0.2) is 19.2 Å². The number of amides is 2. The molecule has 0 saturated heterocycles. The average molecular weight is 304 g/mol. The zero-order valence-electron chi connectivity index (χ0n) is 13.9. The second-order valence-corrected chi connectivity index (χ2v) is 6.68.